The number of carbonyl (C=O) groups is 1. The molecule has 1 unspecified atom stereocenters. The standard InChI is InChI=1S/C24H30N2O2/c1-17-13-18(2)15-21(14-17)23(27)16-25-10-7-20(8-11-25)24(28)26-12-9-19-5-3-4-6-22(19)26/h3-6,13-15,20,23,27H,7-12,16H2,1-2H3. The molecule has 0 bridgehead atoms. The highest BCUT2D eigenvalue weighted by Crippen LogP contribution is 2.31. The Kier molecular flexibility index (Phi) is 5.51. The van der Waals surface area contributed by atoms with E-state index in [0.717, 1.165) is 50.1 Å². The molecule has 2 aliphatic rings. The maximum atomic E-state index is 13.0. The number of aliphatic hydroxyl groups excluding tert-OH is 1. The van der Waals surface area contributed by atoms with Crippen molar-refractivity contribution in [3.8, 4) is 0 Å². The Morgan fingerprint density at radius 3 is 2.46 bits per heavy atom. The molecule has 4 nitrogen and oxygen atoms in total. The average Bonchev–Trinajstić information content (AvgIpc) is 3.11. The quantitative estimate of drug-likeness (QED) is 0.883. The minimum Gasteiger partial charge on any atom is -0.387 e. The lowest BCUT2D eigenvalue weighted by molar-refractivity contribution is -0.123. The van der Waals surface area contributed by atoms with Gasteiger partial charge in [-0.05, 0) is 63.4 Å². The molecule has 0 spiro atoms. The molecule has 2 aliphatic heterocycles. The average molecular weight is 379 g/mol. The van der Waals surface area contributed by atoms with Crippen molar-refractivity contribution in [3.05, 3.63) is 64.7 Å². The maximum Gasteiger partial charge on any atom is 0.230 e. The fraction of sp³-hybridized carbons (Fsp3) is 0.458. The second-order valence-electron chi connectivity index (χ2n) is 8.38. The Bertz CT molecular complexity index is 835. The summed E-state index contributed by atoms with van der Waals surface area (Å²) in [6.07, 6.45) is 2.23. The van der Waals surface area contributed by atoms with Gasteiger partial charge in [-0.1, -0.05) is 47.5 Å². The van der Waals surface area contributed by atoms with Gasteiger partial charge in [-0.2, -0.15) is 0 Å². The number of amides is 1. The predicted octanol–water partition coefficient (Wildman–Crippen LogP) is 3.64. The van der Waals surface area contributed by atoms with Crippen molar-refractivity contribution in [2.75, 3.05) is 31.1 Å². The van der Waals surface area contributed by atoms with Crippen LogP contribution in [0, 0.1) is 19.8 Å². The van der Waals surface area contributed by atoms with E-state index in [0.29, 0.717) is 6.54 Å². The summed E-state index contributed by atoms with van der Waals surface area (Å²) < 4.78 is 0. The third kappa shape index (κ3) is 3.98. The van der Waals surface area contributed by atoms with Crippen molar-refractivity contribution in [2.45, 2.75) is 39.2 Å². The molecule has 1 fully saturated rings. The van der Waals surface area contributed by atoms with Crippen molar-refractivity contribution in [1.82, 2.24) is 4.90 Å². The van der Waals surface area contributed by atoms with Gasteiger partial charge < -0.3 is 14.9 Å². The number of piperidine rings is 1. The van der Waals surface area contributed by atoms with E-state index in [1.807, 2.05) is 17.0 Å². The van der Waals surface area contributed by atoms with Gasteiger partial charge in [-0.25, -0.2) is 0 Å². The Morgan fingerprint density at radius 1 is 1.07 bits per heavy atom. The number of fused-ring (bicyclic) bond motifs is 1. The van der Waals surface area contributed by atoms with Crippen molar-refractivity contribution in [3.63, 3.8) is 0 Å². The Labute approximate surface area is 167 Å². The number of carbonyl (C=O) groups excluding carboxylic acids is 1. The summed E-state index contributed by atoms with van der Waals surface area (Å²) in [5.74, 6) is 0.375. The second kappa shape index (κ2) is 8.06. The largest absolute Gasteiger partial charge is 0.387 e. The van der Waals surface area contributed by atoms with Crippen LogP contribution >= 0.6 is 0 Å². The number of rotatable bonds is 4. The molecular weight excluding hydrogens is 348 g/mol. The van der Waals surface area contributed by atoms with E-state index in [1.54, 1.807) is 0 Å². The summed E-state index contributed by atoms with van der Waals surface area (Å²) >= 11 is 0. The monoisotopic (exact) mass is 378 g/mol. The molecule has 2 heterocycles. The fourth-order valence-electron chi connectivity index (χ4n) is 4.70. The molecule has 0 saturated carbocycles. The zero-order valence-electron chi connectivity index (χ0n) is 16.9. The van der Waals surface area contributed by atoms with Crippen LogP contribution in [0.15, 0.2) is 42.5 Å². The molecule has 148 valence electrons. The Hall–Kier alpha value is -2.17. The van der Waals surface area contributed by atoms with Gasteiger partial charge in [0.1, 0.15) is 0 Å². The molecule has 0 radical (unpaired) electrons. The van der Waals surface area contributed by atoms with Gasteiger partial charge in [-0.3, -0.25) is 4.79 Å². The van der Waals surface area contributed by atoms with Crippen LogP contribution in [-0.2, 0) is 11.2 Å². The summed E-state index contributed by atoms with van der Waals surface area (Å²) in [5.41, 5.74) is 5.74. The smallest absolute Gasteiger partial charge is 0.230 e. The number of β-amino-alcohol motifs (C(OH)–C–C–N with tert-alkyl or cyclic N) is 1. The molecule has 0 aromatic heterocycles. The van der Waals surface area contributed by atoms with Crippen LogP contribution in [0.25, 0.3) is 0 Å². The number of hydrogen-bond acceptors (Lipinski definition) is 3. The van der Waals surface area contributed by atoms with Gasteiger partial charge in [0, 0.05) is 24.7 Å². The van der Waals surface area contributed by atoms with Gasteiger partial charge in [0.25, 0.3) is 0 Å². The highest BCUT2D eigenvalue weighted by Gasteiger charge is 2.32. The normalized spacial score (nSPS) is 18.9. The lowest BCUT2D eigenvalue weighted by atomic mass is 9.94. The van der Waals surface area contributed by atoms with Crippen LogP contribution in [0.4, 0.5) is 5.69 Å². The van der Waals surface area contributed by atoms with Gasteiger partial charge in [0.15, 0.2) is 0 Å². The first-order chi connectivity index (χ1) is 13.5. The number of likely N-dealkylation sites (tertiary alicyclic amines) is 1. The summed E-state index contributed by atoms with van der Waals surface area (Å²) in [6, 6.07) is 14.5. The van der Waals surface area contributed by atoms with Gasteiger partial charge in [-0.15, -0.1) is 0 Å². The highest BCUT2D eigenvalue weighted by molar-refractivity contribution is 5.97. The number of anilines is 1. The number of nitrogens with zero attached hydrogens (tertiary/aromatic N) is 2. The van der Waals surface area contributed by atoms with E-state index in [-0.39, 0.29) is 11.8 Å². The van der Waals surface area contributed by atoms with Crippen molar-refractivity contribution < 1.29 is 9.90 Å². The lowest BCUT2D eigenvalue weighted by Gasteiger charge is -2.34. The van der Waals surface area contributed by atoms with Crippen LogP contribution in [0.2, 0.25) is 0 Å². The van der Waals surface area contributed by atoms with Crippen LogP contribution < -0.4 is 4.90 Å². The number of para-hydroxylation sites is 1. The van der Waals surface area contributed by atoms with Crippen molar-refractivity contribution >= 4 is 11.6 Å². The molecule has 4 rings (SSSR count). The number of hydrogen-bond donors (Lipinski definition) is 1. The molecule has 1 amide bonds. The Balaban J connectivity index is 1.33. The van der Waals surface area contributed by atoms with E-state index in [1.165, 1.54) is 16.7 Å². The van der Waals surface area contributed by atoms with E-state index < -0.39 is 6.10 Å². The summed E-state index contributed by atoms with van der Waals surface area (Å²) in [7, 11) is 0. The predicted molar refractivity (Wildman–Crippen MR) is 113 cm³/mol. The topological polar surface area (TPSA) is 43.8 Å². The molecule has 1 N–H and O–H groups in total. The maximum absolute atomic E-state index is 13.0. The minimum absolute atomic E-state index is 0.0979. The zero-order valence-corrected chi connectivity index (χ0v) is 16.9. The minimum atomic E-state index is -0.476. The first-order valence-electron chi connectivity index (χ1n) is 10.4. The van der Waals surface area contributed by atoms with Gasteiger partial charge in [0.05, 0.1) is 6.10 Å². The number of benzene rings is 2. The van der Waals surface area contributed by atoms with Crippen LogP contribution in [0.5, 0.6) is 0 Å². The Morgan fingerprint density at radius 2 is 1.75 bits per heavy atom. The number of aliphatic hydroxyl groups is 1. The SMILES string of the molecule is Cc1cc(C)cc(C(O)CN2CCC(C(=O)N3CCc4ccccc43)CC2)c1. The molecule has 28 heavy (non-hydrogen) atoms. The molecule has 0 aliphatic carbocycles. The van der Waals surface area contributed by atoms with Gasteiger partial charge >= 0.3 is 0 Å². The van der Waals surface area contributed by atoms with Crippen molar-refractivity contribution in [1.29, 1.82) is 0 Å². The molecule has 1 atom stereocenters. The second-order valence-corrected chi connectivity index (χ2v) is 8.38. The first-order valence-corrected chi connectivity index (χ1v) is 10.4. The third-order valence-corrected chi connectivity index (χ3v) is 6.15. The van der Waals surface area contributed by atoms with Crippen LogP contribution in [0.3, 0.4) is 0 Å². The van der Waals surface area contributed by atoms with E-state index in [9.17, 15) is 9.90 Å². The molecule has 2 aromatic carbocycles. The molecule has 1 saturated heterocycles. The molecule has 4 heteroatoms. The zero-order chi connectivity index (χ0) is 19.7. The van der Waals surface area contributed by atoms with E-state index in [2.05, 4.69) is 49.1 Å². The lowest BCUT2D eigenvalue weighted by Crippen LogP contribution is -2.43. The van der Waals surface area contributed by atoms with Crippen LogP contribution in [0.1, 0.15) is 41.2 Å². The summed E-state index contributed by atoms with van der Waals surface area (Å²) in [5, 5.41) is 10.7. The van der Waals surface area contributed by atoms with Crippen molar-refractivity contribution in [2.24, 2.45) is 5.92 Å². The summed E-state index contributed by atoms with van der Waals surface area (Å²) in [6.45, 7) is 7.31. The highest BCUT2D eigenvalue weighted by atomic mass is 16.3. The number of aryl methyl sites for hydroxylation is 2. The first kappa shape index (κ1) is 19.2. The van der Waals surface area contributed by atoms with Crippen LogP contribution in [-0.4, -0.2) is 42.1 Å². The third-order valence-electron chi connectivity index (χ3n) is 6.15. The molecular formula is C24H30N2O2. The summed E-state index contributed by atoms with van der Waals surface area (Å²) in [4.78, 5) is 17.3. The van der Waals surface area contributed by atoms with E-state index >= 15 is 0 Å². The molecule has 2 aromatic rings. The fourth-order valence-corrected chi connectivity index (χ4v) is 4.70. The van der Waals surface area contributed by atoms with E-state index in [4.69, 9.17) is 0 Å². The van der Waals surface area contributed by atoms with Gasteiger partial charge in [0.2, 0.25) is 5.91 Å².